The van der Waals surface area contributed by atoms with Crippen LogP contribution in [0.5, 0.6) is 0 Å². The van der Waals surface area contributed by atoms with Gasteiger partial charge in [0.05, 0.1) is 11.6 Å². The van der Waals surface area contributed by atoms with Crippen molar-refractivity contribution in [2.75, 3.05) is 5.43 Å². The minimum Gasteiger partial charge on any atom is -0.340 e. The van der Waals surface area contributed by atoms with E-state index < -0.39 is 10.0 Å². The molecule has 4 N–H and O–H groups in total. The quantitative estimate of drug-likeness (QED) is 0.525. The first-order chi connectivity index (χ1) is 9.42. The highest BCUT2D eigenvalue weighted by Gasteiger charge is 2.17. The van der Waals surface area contributed by atoms with Crippen LogP contribution in [0.4, 0.5) is 5.82 Å². The van der Waals surface area contributed by atoms with Crippen LogP contribution in [-0.4, -0.2) is 23.5 Å². The van der Waals surface area contributed by atoms with Gasteiger partial charge in [0.1, 0.15) is 4.90 Å². The molecule has 0 bridgehead atoms. The Labute approximate surface area is 119 Å². The monoisotopic (exact) mass is 318 g/mol. The number of halogens is 1. The highest BCUT2D eigenvalue weighted by Crippen LogP contribution is 2.21. The van der Waals surface area contributed by atoms with Crippen LogP contribution in [0.1, 0.15) is 11.7 Å². The van der Waals surface area contributed by atoms with Gasteiger partial charge in [0.25, 0.3) is 0 Å². The highest BCUT2D eigenvalue weighted by atomic mass is 35.5. The zero-order valence-electron chi connectivity index (χ0n) is 10.3. The molecule has 0 atom stereocenters. The Hall–Kier alpha value is -1.75. The molecule has 0 fully saturated rings. The number of nitrogens with one attached hydrogen (secondary N) is 2. The van der Waals surface area contributed by atoms with Crippen molar-refractivity contribution in [1.29, 1.82) is 0 Å². The fraction of sp³-hybridized carbons (Fsp3) is 0.222. The summed E-state index contributed by atoms with van der Waals surface area (Å²) in [4.78, 5) is 7.57. The number of hydrogen-bond acceptors (Lipinski definition) is 8. The lowest BCUT2D eigenvalue weighted by molar-refractivity contribution is 0.387. The number of rotatable bonds is 5. The molecular formula is C9H11ClN6O3S. The van der Waals surface area contributed by atoms with Crippen molar-refractivity contribution in [3.05, 3.63) is 29.0 Å². The minimum absolute atomic E-state index is 0.0887. The van der Waals surface area contributed by atoms with E-state index in [1.54, 1.807) is 6.92 Å². The summed E-state index contributed by atoms with van der Waals surface area (Å²) in [5, 5.41) is 3.66. The highest BCUT2D eigenvalue weighted by molar-refractivity contribution is 7.89. The number of nitrogens with two attached hydrogens (primary N) is 1. The molecule has 0 aliphatic heterocycles. The largest absolute Gasteiger partial charge is 0.340 e. The first kappa shape index (κ1) is 14.7. The molecule has 0 aliphatic rings. The number of nitrogen functional groups attached to an aromatic ring is 1. The minimum atomic E-state index is -3.78. The number of nitrogens with zero attached hydrogens (tertiary/aromatic N) is 3. The summed E-state index contributed by atoms with van der Waals surface area (Å²) in [5.74, 6) is 5.91. The van der Waals surface area contributed by atoms with E-state index in [4.69, 9.17) is 22.0 Å². The second-order valence-electron chi connectivity index (χ2n) is 3.70. The molecule has 0 amide bonds. The van der Waals surface area contributed by atoms with E-state index in [0.717, 1.165) is 6.20 Å². The van der Waals surface area contributed by atoms with Gasteiger partial charge in [-0.3, -0.25) is 0 Å². The Kier molecular flexibility index (Phi) is 4.18. The third-order valence-electron chi connectivity index (χ3n) is 2.25. The summed E-state index contributed by atoms with van der Waals surface area (Å²) in [5.41, 5.74) is 2.24. The maximum atomic E-state index is 12.0. The predicted octanol–water partition coefficient (Wildman–Crippen LogP) is 0.191. The summed E-state index contributed by atoms with van der Waals surface area (Å²) >= 11 is 5.82. The lowest BCUT2D eigenvalue weighted by Gasteiger charge is -2.07. The standard InChI is InChI=1S/C9H11ClN6O3S/c1-5-14-8(16-19-5)4-13-20(17,18)6-2-7(10)9(15-11)12-3-6/h2-3,13H,4,11H2,1H3,(H,12,15). The summed E-state index contributed by atoms with van der Waals surface area (Å²) < 4.78 is 31.1. The first-order valence-electron chi connectivity index (χ1n) is 5.33. The molecule has 0 saturated carbocycles. The van der Waals surface area contributed by atoms with Crippen molar-refractivity contribution in [2.45, 2.75) is 18.4 Å². The van der Waals surface area contributed by atoms with Crippen LogP contribution in [0.3, 0.4) is 0 Å². The average Bonchev–Trinajstić information content (AvgIpc) is 2.82. The van der Waals surface area contributed by atoms with E-state index in [-0.39, 0.29) is 28.1 Å². The zero-order chi connectivity index (χ0) is 14.8. The van der Waals surface area contributed by atoms with Gasteiger partial charge in [0, 0.05) is 13.1 Å². The van der Waals surface area contributed by atoms with Crippen LogP contribution in [0, 0.1) is 6.92 Å². The lowest BCUT2D eigenvalue weighted by Crippen LogP contribution is -2.24. The van der Waals surface area contributed by atoms with Crippen LogP contribution < -0.4 is 16.0 Å². The number of anilines is 1. The molecule has 0 aliphatic carbocycles. The third kappa shape index (κ3) is 3.22. The fourth-order valence-corrected chi connectivity index (χ4v) is 2.57. The fourth-order valence-electron chi connectivity index (χ4n) is 1.33. The molecule has 2 aromatic heterocycles. The molecule has 0 radical (unpaired) electrons. The molecule has 20 heavy (non-hydrogen) atoms. The third-order valence-corrected chi connectivity index (χ3v) is 3.91. The Balaban J connectivity index is 2.15. The van der Waals surface area contributed by atoms with Crippen molar-refractivity contribution >= 4 is 27.4 Å². The molecule has 0 unspecified atom stereocenters. The summed E-state index contributed by atoms with van der Waals surface area (Å²) in [6.45, 7) is 1.50. The van der Waals surface area contributed by atoms with Gasteiger partial charge in [0.15, 0.2) is 11.6 Å². The van der Waals surface area contributed by atoms with Gasteiger partial charge in [-0.2, -0.15) is 4.98 Å². The number of sulfonamides is 1. The van der Waals surface area contributed by atoms with E-state index in [1.807, 2.05) is 0 Å². The van der Waals surface area contributed by atoms with Gasteiger partial charge >= 0.3 is 0 Å². The predicted molar refractivity (Wildman–Crippen MR) is 70.1 cm³/mol. The normalized spacial score (nSPS) is 11.6. The van der Waals surface area contributed by atoms with E-state index >= 15 is 0 Å². The molecule has 9 nitrogen and oxygen atoms in total. The van der Waals surface area contributed by atoms with Crippen molar-refractivity contribution in [1.82, 2.24) is 19.8 Å². The number of aromatic nitrogens is 3. The van der Waals surface area contributed by atoms with E-state index in [9.17, 15) is 8.42 Å². The summed E-state index contributed by atoms with van der Waals surface area (Å²) in [6.07, 6.45) is 1.13. The van der Waals surface area contributed by atoms with E-state index in [2.05, 4.69) is 25.3 Å². The Morgan fingerprint density at radius 2 is 2.25 bits per heavy atom. The molecule has 2 heterocycles. The molecule has 2 rings (SSSR count). The van der Waals surface area contributed by atoms with Crippen molar-refractivity contribution < 1.29 is 12.9 Å². The Morgan fingerprint density at radius 1 is 1.50 bits per heavy atom. The van der Waals surface area contributed by atoms with Crippen LogP contribution in [-0.2, 0) is 16.6 Å². The maximum Gasteiger partial charge on any atom is 0.242 e. The first-order valence-corrected chi connectivity index (χ1v) is 7.19. The molecule has 11 heteroatoms. The van der Waals surface area contributed by atoms with Crippen molar-refractivity contribution in [2.24, 2.45) is 5.84 Å². The van der Waals surface area contributed by atoms with Gasteiger partial charge < -0.3 is 9.95 Å². The summed E-state index contributed by atoms with van der Waals surface area (Å²) in [7, 11) is -3.78. The van der Waals surface area contributed by atoms with Crippen LogP contribution in [0.2, 0.25) is 5.02 Å². The number of pyridine rings is 1. The second-order valence-corrected chi connectivity index (χ2v) is 5.87. The molecule has 0 saturated heterocycles. The maximum absolute atomic E-state index is 12.0. The molecular weight excluding hydrogens is 308 g/mol. The Bertz CT molecular complexity index is 716. The van der Waals surface area contributed by atoms with Crippen molar-refractivity contribution in [3.63, 3.8) is 0 Å². The van der Waals surface area contributed by atoms with E-state index in [1.165, 1.54) is 6.07 Å². The SMILES string of the molecule is Cc1nc(CNS(=O)(=O)c2cnc(NN)c(Cl)c2)no1. The number of hydrogen-bond donors (Lipinski definition) is 3. The van der Waals surface area contributed by atoms with Gasteiger partial charge in [0.2, 0.25) is 15.9 Å². The van der Waals surface area contributed by atoms with Gasteiger partial charge in [-0.1, -0.05) is 16.8 Å². The molecule has 0 spiro atoms. The number of hydrazine groups is 1. The smallest absolute Gasteiger partial charge is 0.242 e. The lowest BCUT2D eigenvalue weighted by atomic mass is 10.5. The van der Waals surface area contributed by atoms with Gasteiger partial charge in [-0.25, -0.2) is 24.0 Å². The Morgan fingerprint density at radius 3 is 2.80 bits per heavy atom. The average molecular weight is 319 g/mol. The van der Waals surface area contributed by atoms with Crippen molar-refractivity contribution in [3.8, 4) is 0 Å². The van der Waals surface area contributed by atoms with Crippen LogP contribution in [0.15, 0.2) is 21.7 Å². The molecule has 0 aromatic carbocycles. The number of aryl methyl sites for hydroxylation is 1. The molecule has 108 valence electrons. The zero-order valence-corrected chi connectivity index (χ0v) is 11.9. The topological polar surface area (TPSA) is 136 Å². The van der Waals surface area contributed by atoms with Crippen LogP contribution in [0.25, 0.3) is 0 Å². The summed E-state index contributed by atoms with van der Waals surface area (Å²) in [6, 6.07) is 1.23. The van der Waals surface area contributed by atoms with Gasteiger partial charge in [-0.05, 0) is 6.07 Å². The van der Waals surface area contributed by atoms with Gasteiger partial charge in [-0.15, -0.1) is 0 Å². The second kappa shape index (κ2) is 5.71. The van der Waals surface area contributed by atoms with Crippen LogP contribution >= 0.6 is 11.6 Å². The van der Waals surface area contributed by atoms with E-state index in [0.29, 0.717) is 5.89 Å². The molecule has 2 aromatic rings.